The summed E-state index contributed by atoms with van der Waals surface area (Å²) in [6.45, 7) is 1.61. The van der Waals surface area contributed by atoms with Gasteiger partial charge >= 0.3 is 5.97 Å². The molecule has 2 bridgehead atoms. The van der Waals surface area contributed by atoms with E-state index in [4.69, 9.17) is 4.74 Å². The zero-order chi connectivity index (χ0) is 11.2. The number of hydrogen-bond donors (Lipinski definition) is 1. The van der Waals surface area contributed by atoms with Crippen LogP contribution in [0.4, 0.5) is 0 Å². The van der Waals surface area contributed by atoms with Crippen LogP contribution in [-0.4, -0.2) is 24.3 Å². The van der Waals surface area contributed by atoms with Gasteiger partial charge in [-0.15, -0.1) is 0 Å². The van der Waals surface area contributed by atoms with Gasteiger partial charge in [-0.25, -0.2) is 0 Å². The Morgan fingerprint density at radius 2 is 2.25 bits per heavy atom. The Balaban J connectivity index is 1.78. The van der Waals surface area contributed by atoms with Crippen molar-refractivity contribution in [2.24, 2.45) is 23.2 Å². The molecule has 0 aromatic heterocycles. The normalized spacial score (nSPS) is 46.4. The van der Waals surface area contributed by atoms with Gasteiger partial charge < -0.3 is 9.84 Å². The first-order valence-corrected chi connectivity index (χ1v) is 6.52. The van der Waals surface area contributed by atoms with Crippen LogP contribution in [0, 0.1) is 23.2 Å². The predicted molar refractivity (Wildman–Crippen MR) is 59.1 cm³/mol. The number of aliphatic carboxylic acids is 1. The number of carboxylic acids is 1. The van der Waals surface area contributed by atoms with Gasteiger partial charge in [0.1, 0.15) is 0 Å². The summed E-state index contributed by atoms with van der Waals surface area (Å²) >= 11 is 0. The maximum absolute atomic E-state index is 11.7. The standard InChI is InChI=1S/C13H20O3/c14-12(15)13(7-10-3-4-16-8-10)6-9-1-2-11(13)5-9/h9-11H,1-8H2,(H,14,15). The summed E-state index contributed by atoms with van der Waals surface area (Å²) in [6.07, 6.45) is 6.44. The van der Waals surface area contributed by atoms with Crippen molar-refractivity contribution in [2.45, 2.75) is 38.5 Å². The van der Waals surface area contributed by atoms with Crippen molar-refractivity contribution < 1.29 is 14.6 Å². The third kappa shape index (κ3) is 1.48. The molecule has 3 aliphatic rings. The van der Waals surface area contributed by atoms with E-state index in [-0.39, 0.29) is 5.41 Å². The third-order valence-electron chi connectivity index (χ3n) is 5.08. The highest BCUT2D eigenvalue weighted by atomic mass is 16.5. The van der Waals surface area contributed by atoms with Crippen LogP contribution < -0.4 is 0 Å². The van der Waals surface area contributed by atoms with Gasteiger partial charge in [0, 0.05) is 13.2 Å². The Kier molecular flexibility index (Phi) is 2.46. The fourth-order valence-electron chi connectivity index (χ4n) is 4.30. The number of carbonyl (C=O) groups is 1. The Hall–Kier alpha value is -0.570. The highest BCUT2D eigenvalue weighted by Crippen LogP contribution is 2.59. The van der Waals surface area contributed by atoms with Gasteiger partial charge in [0.15, 0.2) is 0 Å². The van der Waals surface area contributed by atoms with E-state index >= 15 is 0 Å². The number of rotatable bonds is 3. The fourth-order valence-corrected chi connectivity index (χ4v) is 4.30. The summed E-state index contributed by atoms with van der Waals surface area (Å²) in [5.74, 6) is 1.11. The first-order chi connectivity index (χ1) is 7.71. The number of carboxylic acid groups (broad SMARTS) is 1. The van der Waals surface area contributed by atoms with Crippen molar-refractivity contribution in [1.82, 2.24) is 0 Å². The zero-order valence-corrected chi connectivity index (χ0v) is 9.65. The van der Waals surface area contributed by atoms with Crippen molar-refractivity contribution in [1.29, 1.82) is 0 Å². The second-order valence-corrected chi connectivity index (χ2v) is 5.98. The Morgan fingerprint density at radius 3 is 2.75 bits per heavy atom. The molecular weight excluding hydrogens is 204 g/mol. The van der Waals surface area contributed by atoms with Gasteiger partial charge in [-0.3, -0.25) is 4.79 Å². The molecule has 3 nitrogen and oxygen atoms in total. The number of hydrogen-bond acceptors (Lipinski definition) is 2. The van der Waals surface area contributed by atoms with Crippen LogP contribution in [0.1, 0.15) is 38.5 Å². The minimum Gasteiger partial charge on any atom is -0.481 e. The van der Waals surface area contributed by atoms with Gasteiger partial charge in [-0.05, 0) is 49.9 Å². The highest BCUT2D eigenvalue weighted by molar-refractivity contribution is 5.76. The molecule has 0 aromatic carbocycles. The van der Waals surface area contributed by atoms with E-state index in [1.807, 2.05) is 0 Å². The molecule has 2 saturated carbocycles. The lowest BCUT2D eigenvalue weighted by atomic mass is 9.68. The van der Waals surface area contributed by atoms with E-state index in [9.17, 15) is 9.90 Å². The van der Waals surface area contributed by atoms with E-state index in [0.717, 1.165) is 38.9 Å². The predicted octanol–water partition coefficient (Wildman–Crippen LogP) is 2.30. The van der Waals surface area contributed by atoms with Crippen LogP contribution in [0.5, 0.6) is 0 Å². The first-order valence-electron chi connectivity index (χ1n) is 6.52. The van der Waals surface area contributed by atoms with E-state index in [1.54, 1.807) is 0 Å². The van der Waals surface area contributed by atoms with Crippen molar-refractivity contribution in [2.75, 3.05) is 13.2 Å². The molecule has 3 heteroatoms. The van der Waals surface area contributed by atoms with Crippen molar-refractivity contribution in [3.05, 3.63) is 0 Å². The molecule has 0 amide bonds. The fraction of sp³-hybridized carbons (Fsp3) is 0.923. The van der Waals surface area contributed by atoms with Crippen LogP contribution in [-0.2, 0) is 9.53 Å². The molecule has 3 fully saturated rings. The molecule has 16 heavy (non-hydrogen) atoms. The van der Waals surface area contributed by atoms with Crippen molar-refractivity contribution in [3.8, 4) is 0 Å². The van der Waals surface area contributed by atoms with Gasteiger partial charge in [-0.2, -0.15) is 0 Å². The molecule has 0 aromatic rings. The highest BCUT2D eigenvalue weighted by Gasteiger charge is 2.56. The molecule has 1 heterocycles. The van der Waals surface area contributed by atoms with Crippen LogP contribution in [0.15, 0.2) is 0 Å². The number of fused-ring (bicyclic) bond motifs is 2. The van der Waals surface area contributed by atoms with Crippen molar-refractivity contribution in [3.63, 3.8) is 0 Å². The lowest BCUT2D eigenvalue weighted by Gasteiger charge is -2.35. The largest absolute Gasteiger partial charge is 0.481 e. The Bertz CT molecular complexity index is 296. The molecule has 1 N–H and O–H groups in total. The van der Waals surface area contributed by atoms with Crippen molar-refractivity contribution >= 4 is 5.97 Å². The Morgan fingerprint density at radius 1 is 1.38 bits per heavy atom. The van der Waals surface area contributed by atoms with Crippen LogP contribution in [0.3, 0.4) is 0 Å². The molecule has 4 atom stereocenters. The minimum absolute atomic E-state index is 0.388. The van der Waals surface area contributed by atoms with Gasteiger partial charge in [0.25, 0.3) is 0 Å². The molecule has 90 valence electrons. The average molecular weight is 224 g/mol. The quantitative estimate of drug-likeness (QED) is 0.800. The summed E-state index contributed by atoms with van der Waals surface area (Å²) in [4.78, 5) is 11.7. The van der Waals surface area contributed by atoms with Gasteiger partial charge in [-0.1, -0.05) is 6.42 Å². The second kappa shape index (κ2) is 3.73. The summed E-state index contributed by atoms with van der Waals surface area (Å²) in [5, 5.41) is 9.61. The Labute approximate surface area is 96.2 Å². The van der Waals surface area contributed by atoms with E-state index in [0.29, 0.717) is 17.8 Å². The van der Waals surface area contributed by atoms with E-state index in [2.05, 4.69) is 0 Å². The smallest absolute Gasteiger partial charge is 0.309 e. The molecule has 1 saturated heterocycles. The summed E-state index contributed by atoms with van der Waals surface area (Å²) in [7, 11) is 0. The first kappa shape index (κ1) is 10.6. The molecule has 3 rings (SSSR count). The van der Waals surface area contributed by atoms with Crippen LogP contribution >= 0.6 is 0 Å². The lowest BCUT2D eigenvalue weighted by molar-refractivity contribution is -0.154. The molecule has 2 aliphatic carbocycles. The van der Waals surface area contributed by atoms with E-state index < -0.39 is 5.97 Å². The topological polar surface area (TPSA) is 46.5 Å². The average Bonchev–Trinajstić information content (AvgIpc) is 2.92. The lowest BCUT2D eigenvalue weighted by Crippen LogP contribution is -2.38. The SMILES string of the molecule is O=C(O)C1(CC2CCOC2)CC2CCC1C2. The van der Waals surface area contributed by atoms with Gasteiger partial charge in [0.05, 0.1) is 5.41 Å². The van der Waals surface area contributed by atoms with Crippen LogP contribution in [0.25, 0.3) is 0 Å². The molecule has 4 unspecified atom stereocenters. The third-order valence-corrected chi connectivity index (χ3v) is 5.08. The summed E-state index contributed by atoms with van der Waals surface area (Å²) in [6, 6.07) is 0. The minimum atomic E-state index is -0.536. The maximum Gasteiger partial charge on any atom is 0.309 e. The molecule has 0 spiro atoms. The zero-order valence-electron chi connectivity index (χ0n) is 9.65. The summed E-state index contributed by atoms with van der Waals surface area (Å²) < 4.78 is 5.38. The van der Waals surface area contributed by atoms with Gasteiger partial charge in [0.2, 0.25) is 0 Å². The number of ether oxygens (including phenoxy) is 1. The molecule has 1 aliphatic heterocycles. The molecule has 0 radical (unpaired) electrons. The summed E-state index contributed by atoms with van der Waals surface area (Å²) in [5.41, 5.74) is -0.388. The van der Waals surface area contributed by atoms with E-state index in [1.165, 1.54) is 12.8 Å². The molecular formula is C13H20O3. The van der Waals surface area contributed by atoms with Crippen LogP contribution in [0.2, 0.25) is 0 Å². The second-order valence-electron chi connectivity index (χ2n) is 5.98. The monoisotopic (exact) mass is 224 g/mol. The maximum atomic E-state index is 11.7.